The molecule has 0 spiro atoms. The monoisotopic (exact) mass is 433 g/mol. The number of hydrogen-bond acceptors (Lipinski definition) is 3. The second-order valence-electron chi connectivity index (χ2n) is 6.74. The number of hydrogen-bond donors (Lipinski definition) is 2. The van der Waals surface area contributed by atoms with Crippen molar-refractivity contribution in [2.24, 2.45) is 0 Å². The average Bonchev–Trinajstić information content (AvgIpc) is 2.69. The van der Waals surface area contributed by atoms with Crippen molar-refractivity contribution in [3.05, 3.63) is 76.8 Å². The van der Waals surface area contributed by atoms with Crippen molar-refractivity contribution < 1.29 is 14.6 Å². The fourth-order valence-electron chi connectivity index (χ4n) is 3.02. The first-order chi connectivity index (χ1) is 13.6. The maximum absolute atomic E-state index is 10.5. The van der Waals surface area contributed by atoms with Crippen molar-refractivity contribution in [1.29, 1.82) is 0 Å². The van der Waals surface area contributed by atoms with Gasteiger partial charge in [0.15, 0.2) is 0 Å². The molecule has 0 saturated heterocycles. The van der Waals surface area contributed by atoms with Crippen LogP contribution in [-0.4, -0.2) is 24.2 Å². The molecule has 29 heavy (non-hydrogen) atoms. The quantitative estimate of drug-likeness (QED) is 0.415. The number of fused-ring (bicyclic) bond motifs is 1. The van der Waals surface area contributed by atoms with Gasteiger partial charge >= 0.3 is 5.97 Å². The largest absolute Gasteiger partial charge is 0.494 e. The predicted molar refractivity (Wildman–Crippen MR) is 120 cm³/mol. The molecule has 0 aliphatic heterocycles. The van der Waals surface area contributed by atoms with E-state index in [-0.39, 0.29) is 18.8 Å². The van der Waals surface area contributed by atoms with Crippen molar-refractivity contribution in [2.75, 3.05) is 13.2 Å². The third kappa shape index (κ3) is 7.58. The fraction of sp³-hybridized carbons (Fsp3) is 0.261. The summed E-state index contributed by atoms with van der Waals surface area (Å²) in [6, 6.07) is 20.3. The molecule has 3 aromatic rings. The summed E-state index contributed by atoms with van der Waals surface area (Å²) in [5, 5.41) is 14.8. The molecule has 0 unspecified atom stereocenters. The first kappa shape index (κ1) is 23.0. The second-order valence-corrected chi connectivity index (χ2v) is 7.18. The Morgan fingerprint density at radius 2 is 1.66 bits per heavy atom. The highest BCUT2D eigenvalue weighted by Gasteiger charge is 2.02. The maximum Gasteiger partial charge on any atom is 0.304 e. The molecular weight excluding hydrogens is 409 g/mol. The lowest BCUT2D eigenvalue weighted by Gasteiger charge is -2.09. The Hall–Kier alpha value is -2.27. The number of aryl methyl sites for hydroxylation is 1. The zero-order chi connectivity index (χ0) is 19.8. The Labute approximate surface area is 182 Å². The molecule has 0 fully saturated rings. The molecule has 0 radical (unpaired) electrons. The lowest BCUT2D eigenvalue weighted by molar-refractivity contribution is -0.136. The molecular formula is C23H25Cl2NO3. The van der Waals surface area contributed by atoms with Crippen molar-refractivity contribution in [3.8, 4) is 5.75 Å². The highest BCUT2D eigenvalue weighted by atomic mass is 35.5. The number of benzene rings is 3. The van der Waals surface area contributed by atoms with E-state index >= 15 is 0 Å². The van der Waals surface area contributed by atoms with Gasteiger partial charge in [0.1, 0.15) is 5.75 Å². The number of nitrogens with one attached hydrogen (secondary N) is 1. The van der Waals surface area contributed by atoms with Gasteiger partial charge in [0, 0.05) is 18.1 Å². The Morgan fingerprint density at radius 1 is 0.966 bits per heavy atom. The third-order valence-corrected chi connectivity index (χ3v) is 4.76. The van der Waals surface area contributed by atoms with Crippen LogP contribution in [0.3, 0.4) is 0 Å². The summed E-state index contributed by atoms with van der Waals surface area (Å²) in [5.41, 5.74) is 2.39. The maximum atomic E-state index is 10.5. The van der Waals surface area contributed by atoms with Crippen LogP contribution in [0.5, 0.6) is 5.75 Å². The van der Waals surface area contributed by atoms with E-state index < -0.39 is 5.97 Å². The number of halogens is 2. The molecule has 3 aromatic carbocycles. The van der Waals surface area contributed by atoms with Crippen LogP contribution >= 0.6 is 24.0 Å². The van der Waals surface area contributed by atoms with E-state index in [0.717, 1.165) is 39.9 Å². The van der Waals surface area contributed by atoms with E-state index in [2.05, 4.69) is 35.6 Å². The van der Waals surface area contributed by atoms with Crippen molar-refractivity contribution in [1.82, 2.24) is 5.32 Å². The van der Waals surface area contributed by atoms with E-state index in [4.69, 9.17) is 21.4 Å². The van der Waals surface area contributed by atoms with Crippen LogP contribution in [0.15, 0.2) is 60.7 Å². The van der Waals surface area contributed by atoms with Gasteiger partial charge in [0.05, 0.1) is 13.0 Å². The van der Waals surface area contributed by atoms with Crippen LogP contribution in [-0.2, 0) is 17.8 Å². The Morgan fingerprint density at radius 3 is 2.41 bits per heavy atom. The molecule has 2 N–H and O–H groups in total. The standard InChI is InChI=1S/C23H24ClNO3.ClH/c24-21-8-4-17(5-9-21)2-1-13-28-22-10-7-19-14-18(3-6-20(19)15-22)16-25-12-11-23(26)27;/h3-10,14-15,25H,1-2,11-13,16H2,(H,26,27);1H. The van der Waals surface area contributed by atoms with Gasteiger partial charge in [-0.05, 0) is 65.1 Å². The first-order valence-corrected chi connectivity index (χ1v) is 9.80. The molecule has 3 rings (SSSR count). The molecule has 0 atom stereocenters. The number of carboxylic acids is 1. The SMILES string of the molecule is Cl.O=C(O)CCNCc1ccc2cc(OCCCc3ccc(Cl)cc3)ccc2c1. The summed E-state index contributed by atoms with van der Waals surface area (Å²) in [6.07, 6.45) is 2.04. The lowest BCUT2D eigenvalue weighted by Crippen LogP contribution is -2.17. The van der Waals surface area contributed by atoms with Gasteiger partial charge in [0.2, 0.25) is 0 Å². The van der Waals surface area contributed by atoms with E-state index in [1.165, 1.54) is 5.56 Å². The van der Waals surface area contributed by atoms with Crippen LogP contribution in [0.2, 0.25) is 5.02 Å². The highest BCUT2D eigenvalue weighted by molar-refractivity contribution is 6.30. The summed E-state index contributed by atoms with van der Waals surface area (Å²) in [7, 11) is 0. The lowest BCUT2D eigenvalue weighted by atomic mass is 10.1. The number of rotatable bonds is 10. The molecule has 4 nitrogen and oxygen atoms in total. The molecule has 0 aliphatic rings. The van der Waals surface area contributed by atoms with Gasteiger partial charge in [-0.3, -0.25) is 4.79 Å². The number of carbonyl (C=O) groups is 1. The summed E-state index contributed by atoms with van der Waals surface area (Å²) < 4.78 is 5.90. The van der Waals surface area contributed by atoms with Crippen LogP contribution in [0.25, 0.3) is 10.8 Å². The molecule has 0 heterocycles. The molecule has 0 bridgehead atoms. The van der Waals surface area contributed by atoms with E-state index in [1.54, 1.807) is 0 Å². The second kappa shape index (κ2) is 11.7. The summed E-state index contributed by atoms with van der Waals surface area (Å²) >= 11 is 5.90. The molecule has 6 heteroatoms. The Balaban J connectivity index is 0.00000300. The van der Waals surface area contributed by atoms with Gasteiger partial charge in [0.25, 0.3) is 0 Å². The van der Waals surface area contributed by atoms with Gasteiger partial charge in [-0.1, -0.05) is 41.9 Å². The predicted octanol–water partition coefficient (Wildman–Crippen LogP) is 5.49. The van der Waals surface area contributed by atoms with Crippen LogP contribution in [0.4, 0.5) is 0 Å². The van der Waals surface area contributed by atoms with Gasteiger partial charge in [-0.15, -0.1) is 12.4 Å². The zero-order valence-corrected chi connectivity index (χ0v) is 17.6. The fourth-order valence-corrected chi connectivity index (χ4v) is 3.14. The Kier molecular flexibility index (Phi) is 9.26. The topological polar surface area (TPSA) is 58.6 Å². The minimum absolute atomic E-state index is 0. The summed E-state index contributed by atoms with van der Waals surface area (Å²) in [6.45, 7) is 1.79. The summed E-state index contributed by atoms with van der Waals surface area (Å²) in [4.78, 5) is 10.5. The van der Waals surface area contributed by atoms with E-state index in [9.17, 15) is 4.79 Å². The number of aliphatic carboxylic acids is 1. The minimum atomic E-state index is -0.785. The van der Waals surface area contributed by atoms with Crippen molar-refractivity contribution in [2.45, 2.75) is 25.8 Å². The van der Waals surface area contributed by atoms with E-state index in [0.29, 0.717) is 19.7 Å². The van der Waals surface area contributed by atoms with Crippen LogP contribution in [0, 0.1) is 0 Å². The van der Waals surface area contributed by atoms with E-state index in [1.807, 2.05) is 30.3 Å². The summed E-state index contributed by atoms with van der Waals surface area (Å²) in [5.74, 6) is 0.0858. The number of carboxylic acid groups (broad SMARTS) is 1. The molecule has 0 amide bonds. The zero-order valence-electron chi connectivity index (χ0n) is 16.1. The number of ether oxygens (including phenoxy) is 1. The smallest absolute Gasteiger partial charge is 0.304 e. The molecule has 154 valence electrons. The average molecular weight is 434 g/mol. The molecule has 0 saturated carbocycles. The van der Waals surface area contributed by atoms with Crippen LogP contribution in [0.1, 0.15) is 24.0 Å². The third-order valence-electron chi connectivity index (χ3n) is 4.51. The van der Waals surface area contributed by atoms with Gasteiger partial charge in [-0.25, -0.2) is 0 Å². The molecule has 0 aromatic heterocycles. The highest BCUT2D eigenvalue weighted by Crippen LogP contribution is 2.22. The molecule has 0 aliphatic carbocycles. The van der Waals surface area contributed by atoms with Gasteiger partial charge in [-0.2, -0.15) is 0 Å². The first-order valence-electron chi connectivity index (χ1n) is 9.42. The Bertz CT molecular complexity index is 929. The van der Waals surface area contributed by atoms with Crippen LogP contribution < -0.4 is 10.1 Å². The van der Waals surface area contributed by atoms with Gasteiger partial charge < -0.3 is 15.2 Å². The minimum Gasteiger partial charge on any atom is -0.494 e. The normalized spacial score (nSPS) is 10.5. The van der Waals surface area contributed by atoms with Crippen molar-refractivity contribution in [3.63, 3.8) is 0 Å². The van der Waals surface area contributed by atoms with Crippen molar-refractivity contribution >= 4 is 40.7 Å².